The van der Waals surface area contributed by atoms with Crippen LogP contribution in [0.4, 0.5) is 4.39 Å². The Labute approximate surface area is 114 Å². The number of hydrogen-bond acceptors (Lipinski definition) is 2. The molecule has 1 aromatic rings. The maximum atomic E-state index is 13.2. The van der Waals surface area contributed by atoms with Crippen molar-refractivity contribution >= 4 is 21.9 Å². The van der Waals surface area contributed by atoms with Gasteiger partial charge >= 0.3 is 5.97 Å². The number of aliphatic carboxylic acids is 1. The van der Waals surface area contributed by atoms with E-state index in [1.54, 1.807) is 12.1 Å². The van der Waals surface area contributed by atoms with Gasteiger partial charge in [-0.25, -0.2) is 4.39 Å². The maximum Gasteiger partial charge on any atom is 0.317 e. The van der Waals surface area contributed by atoms with Crippen molar-refractivity contribution < 1.29 is 14.3 Å². The highest BCUT2D eigenvalue weighted by molar-refractivity contribution is 9.10. The van der Waals surface area contributed by atoms with E-state index in [2.05, 4.69) is 15.9 Å². The lowest BCUT2D eigenvalue weighted by atomic mass is 10.1. The Hall–Kier alpha value is -0.940. The number of hydrogen-bond donors (Lipinski definition) is 1. The molecule has 0 heterocycles. The van der Waals surface area contributed by atoms with Crippen molar-refractivity contribution in [2.75, 3.05) is 6.54 Å². The van der Waals surface area contributed by atoms with Gasteiger partial charge in [-0.05, 0) is 53.4 Å². The van der Waals surface area contributed by atoms with E-state index in [9.17, 15) is 9.18 Å². The topological polar surface area (TPSA) is 40.5 Å². The fraction of sp³-hybridized carbons (Fsp3) is 0.462. The van der Waals surface area contributed by atoms with Crippen LogP contribution in [0.25, 0.3) is 0 Å². The molecule has 3 nitrogen and oxygen atoms in total. The third-order valence-electron chi connectivity index (χ3n) is 3.26. The molecule has 1 unspecified atom stereocenters. The Morgan fingerprint density at radius 2 is 2.28 bits per heavy atom. The van der Waals surface area contributed by atoms with Crippen molar-refractivity contribution in [3.05, 3.63) is 34.1 Å². The van der Waals surface area contributed by atoms with E-state index in [1.165, 1.54) is 6.07 Å². The summed E-state index contributed by atoms with van der Waals surface area (Å²) in [6.07, 6.45) is 2.08. The predicted molar refractivity (Wildman–Crippen MR) is 69.9 cm³/mol. The summed E-state index contributed by atoms with van der Waals surface area (Å²) in [6.45, 7) is 1.99. The number of halogens is 2. The molecular formula is C13H15BrFNO2. The minimum absolute atomic E-state index is 0.0227. The molecule has 98 valence electrons. The normalized spacial score (nSPS) is 16.9. The minimum Gasteiger partial charge on any atom is -0.480 e. The van der Waals surface area contributed by atoms with Gasteiger partial charge in [0.2, 0.25) is 0 Å². The largest absolute Gasteiger partial charge is 0.480 e. The molecule has 0 aromatic heterocycles. The molecular weight excluding hydrogens is 301 g/mol. The molecule has 18 heavy (non-hydrogen) atoms. The summed E-state index contributed by atoms with van der Waals surface area (Å²) in [5.74, 6) is -1.13. The van der Waals surface area contributed by atoms with Gasteiger partial charge in [0.05, 0.1) is 11.0 Å². The van der Waals surface area contributed by atoms with Crippen LogP contribution in [0, 0.1) is 5.82 Å². The van der Waals surface area contributed by atoms with Crippen LogP contribution in [0.3, 0.4) is 0 Å². The van der Waals surface area contributed by atoms with E-state index in [1.807, 2.05) is 11.8 Å². The lowest BCUT2D eigenvalue weighted by molar-refractivity contribution is -0.139. The van der Waals surface area contributed by atoms with E-state index in [4.69, 9.17) is 5.11 Å². The van der Waals surface area contributed by atoms with Crippen molar-refractivity contribution in [2.24, 2.45) is 0 Å². The van der Waals surface area contributed by atoms with E-state index in [-0.39, 0.29) is 18.4 Å². The minimum atomic E-state index is -0.824. The zero-order valence-corrected chi connectivity index (χ0v) is 11.7. The van der Waals surface area contributed by atoms with Gasteiger partial charge in [0.25, 0.3) is 0 Å². The molecule has 1 atom stereocenters. The van der Waals surface area contributed by atoms with Crippen molar-refractivity contribution in [3.63, 3.8) is 0 Å². The first-order valence-electron chi connectivity index (χ1n) is 5.91. The van der Waals surface area contributed by atoms with Gasteiger partial charge in [0.15, 0.2) is 0 Å². The first-order chi connectivity index (χ1) is 8.49. The van der Waals surface area contributed by atoms with Crippen LogP contribution in [0.2, 0.25) is 0 Å². The number of carboxylic acids is 1. The number of benzene rings is 1. The van der Waals surface area contributed by atoms with Gasteiger partial charge in [-0.15, -0.1) is 0 Å². The summed E-state index contributed by atoms with van der Waals surface area (Å²) >= 11 is 3.16. The molecule has 1 N–H and O–H groups in total. The lowest BCUT2D eigenvalue weighted by Crippen LogP contribution is -2.34. The Morgan fingerprint density at radius 1 is 1.61 bits per heavy atom. The number of nitrogens with zero attached hydrogens (tertiary/aromatic N) is 1. The summed E-state index contributed by atoms with van der Waals surface area (Å²) in [7, 11) is 0. The molecule has 1 aliphatic rings. The Morgan fingerprint density at radius 3 is 2.78 bits per heavy atom. The van der Waals surface area contributed by atoms with Crippen LogP contribution in [-0.2, 0) is 4.79 Å². The zero-order valence-electron chi connectivity index (χ0n) is 10.1. The molecule has 0 bridgehead atoms. The monoisotopic (exact) mass is 315 g/mol. The third-order valence-corrected chi connectivity index (χ3v) is 3.86. The second-order valence-corrected chi connectivity index (χ2v) is 5.50. The van der Waals surface area contributed by atoms with Crippen molar-refractivity contribution in [1.82, 2.24) is 4.90 Å². The average Bonchev–Trinajstić information content (AvgIpc) is 3.12. The molecule has 0 amide bonds. The fourth-order valence-corrected chi connectivity index (χ4v) is 2.50. The van der Waals surface area contributed by atoms with E-state index in [0.717, 1.165) is 18.4 Å². The van der Waals surface area contributed by atoms with Crippen molar-refractivity contribution in [1.29, 1.82) is 0 Å². The van der Waals surface area contributed by atoms with Crippen LogP contribution in [-0.4, -0.2) is 28.6 Å². The van der Waals surface area contributed by atoms with Gasteiger partial charge in [0.1, 0.15) is 5.82 Å². The van der Waals surface area contributed by atoms with Gasteiger partial charge in [-0.1, -0.05) is 6.07 Å². The van der Waals surface area contributed by atoms with Crippen LogP contribution in [0.1, 0.15) is 31.4 Å². The van der Waals surface area contributed by atoms with Gasteiger partial charge < -0.3 is 5.11 Å². The standard InChI is InChI=1S/C13H15BrFNO2/c1-8(9-2-5-12(15)11(14)6-9)16(7-13(17)18)10-3-4-10/h2,5-6,8,10H,3-4,7H2,1H3,(H,17,18). The van der Waals surface area contributed by atoms with E-state index >= 15 is 0 Å². The molecule has 0 saturated heterocycles. The smallest absolute Gasteiger partial charge is 0.317 e. The van der Waals surface area contributed by atoms with Crippen LogP contribution < -0.4 is 0 Å². The molecule has 1 aliphatic carbocycles. The molecule has 0 spiro atoms. The van der Waals surface area contributed by atoms with Crippen LogP contribution in [0.15, 0.2) is 22.7 Å². The van der Waals surface area contributed by atoms with Gasteiger partial charge in [-0.2, -0.15) is 0 Å². The highest BCUT2D eigenvalue weighted by Gasteiger charge is 2.34. The predicted octanol–water partition coefficient (Wildman–Crippen LogP) is 3.20. The highest BCUT2D eigenvalue weighted by atomic mass is 79.9. The second-order valence-electron chi connectivity index (χ2n) is 4.65. The zero-order chi connectivity index (χ0) is 13.3. The number of carbonyl (C=O) groups is 1. The highest BCUT2D eigenvalue weighted by Crippen LogP contribution is 2.34. The molecule has 1 aromatic carbocycles. The molecule has 2 rings (SSSR count). The Kier molecular flexibility index (Phi) is 4.02. The van der Waals surface area contributed by atoms with Gasteiger partial charge in [-0.3, -0.25) is 9.69 Å². The van der Waals surface area contributed by atoms with E-state index in [0.29, 0.717) is 10.5 Å². The Bertz CT molecular complexity index is 462. The molecule has 0 aliphatic heterocycles. The number of rotatable bonds is 5. The van der Waals surface area contributed by atoms with Crippen molar-refractivity contribution in [3.8, 4) is 0 Å². The van der Waals surface area contributed by atoms with Crippen LogP contribution in [0.5, 0.6) is 0 Å². The SMILES string of the molecule is CC(c1ccc(F)c(Br)c1)N(CC(=O)O)C1CC1. The summed E-state index contributed by atoms with van der Waals surface area (Å²) in [5.41, 5.74) is 0.927. The summed E-state index contributed by atoms with van der Waals surface area (Å²) in [5, 5.41) is 8.94. The van der Waals surface area contributed by atoms with Crippen molar-refractivity contribution in [2.45, 2.75) is 31.8 Å². The first-order valence-corrected chi connectivity index (χ1v) is 6.71. The number of carboxylic acid groups (broad SMARTS) is 1. The maximum absolute atomic E-state index is 13.2. The lowest BCUT2D eigenvalue weighted by Gasteiger charge is -2.28. The average molecular weight is 316 g/mol. The van der Waals surface area contributed by atoms with Crippen LogP contribution >= 0.6 is 15.9 Å². The summed E-state index contributed by atoms with van der Waals surface area (Å²) < 4.78 is 13.6. The molecule has 0 radical (unpaired) electrons. The molecule has 1 fully saturated rings. The quantitative estimate of drug-likeness (QED) is 0.907. The molecule has 1 saturated carbocycles. The third kappa shape index (κ3) is 3.09. The fourth-order valence-electron chi connectivity index (χ4n) is 2.11. The summed E-state index contributed by atoms with van der Waals surface area (Å²) in [6, 6.07) is 5.16. The first kappa shape index (κ1) is 13.5. The van der Waals surface area contributed by atoms with Gasteiger partial charge in [0, 0.05) is 12.1 Å². The second kappa shape index (κ2) is 5.36. The summed E-state index contributed by atoms with van der Waals surface area (Å²) in [4.78, 5) is 12.8. The van der Waals surface area contributed by atoms with E-state index < -0.39 is 5.97 Å². The molecule has 5 heteroatoms. The Balaban J connectivity index is 2.18.